The highest BCUT2D eigenvalue weighted by Gasteiger charge is 2.67. The molecule has 3 fully saturated rings. The molecule has 0 bridgehead atoms. The monoisotopic (exact) mass is 661 g/mol. The van der Waals surface area contributed by atoms with Gasteiger partial charge in [-0.3, -0.25) is 19.3 Å². The molecule has 13 nitrogen and oxygen atoms in total. The number of benzene rings is 2. The van der Waals surface area contributed by atoms with Crippen LogP contribution in [0.3, 0.4) is 0 Å². The summed E-state index contributed by atoms with van der Waals surface area (Å²) < 4.78 is 12.7. The summed E-state index contributed by atoms with van der Waals surface area (Å²) in [7, 11) is 3.11. The minimum absolute atomic E-state index is 0.0216. The Balaban J connectivity index is 1.29. The van der Waals surface area contributed by atoms with Crippen LogP contribution in [-0.4, -0.2) is 118 Å². The molecule has 1 saturated carbocycles. The van der Waals surface area contributed by atoms with Crippen LogP contribution >= 0.6 is 0 Å². The number of phenolic OH excluding ortho intramolecular Hbond substituents is 1. The predicted octanol–water partition coefficient (Wildman–Crippen LogP) is 0.249. The van der Waals surface area contributed by atoms with Crippen LogP contribution in [0.5, 0.6) is 5.75 Å². The van der Waals surface area contributed by atoms with Crippen LogP contribution in [0.4, 0.5) is 0 Å². The van der Waals surface area contributed by atoms with Gasteiger partial charge in [0.15, 0.2) is 11.4 Å². The molecule has 0 spiro atoms. The first-order valence-electron chi connectivity index (χ1n) is 16.2. The molecule has 0 unspecified atom stereocenters. The molecule has 254 valence electrons. The second-order valence-electron chi connectivity index (χ2n) is 14.3. The molecule has 0 radical (unpaired) electrons. The number of fused-ring (bicyclic) bond motifs is 4. The molecule has 6 N–H and O–H groups in total. The van der Waals surface area contributed by atoms with Gasteiger partial charge in [0.25, 0.3) is 5.91 Å². The maximum atomic E-state index is 14.4. The number of hydrogen-bond acceptors (Lipinski definition) is 11. The van der Waals surface area contributed by atoms with Crippen LogP contribution < -0.4 is 10.8 Å². The fourth-order valence-electron chi connectivity index (χ4n) is 9.09. The van der Waals surface area contributed by atoms with Crippen molar-refractivity contribution in [1.29, 1.82) is 0 Å². The number of carbonyl (C=O) groups excluding carboxylic acids is 3. The van der Waals surface area contributed by atoms with Crippen molar-refractivity contribution in [2.24, 2.45) is 11.8 Å². The number of aromatic hydroxyl groups is 1. The summed E-state index contributed by atoms with van der Waals surface area (Å²) in [6.07, 6.45) is -0.215. The Morgan fingerprint density at radius 1 is 1.06 bits per heavy atom. The van der Waals surface area contributed by atoms with Gasteiger partial charge in [0.05, 0.1) is 43.5 Å². The van der Waals surface area contributed by atoms with E-state index in [1.807, 2.05) is 31.2 Å². The molecule has 14 heteroatoms. The van der Waals surface area contributed by atoms with Gasteiger partial charge in [0.1, 0.15) is 29.5 Å². The molecule has 2 saturated heterocycles. The fourth-order valence-corrected chi connectivity index (χ4v) is 9.09. The molecule has 2 heterocycles. The molecule has 2 aromatic rings. The van der Waals surface area contributed by atoms with Crippen molar-refractivity contribution in [2.75, 3.05) is 47.1 Å². The highest BCUT2D eigenvalue weighted by molar-refractivity contribution is 6.75. The minimum Gasteiger partial charge on any atom is -0.508 e. The topological polar surface area (TPSA) is 186 Å². The molecular weight excluding hydrogens is 621 g/mol. The third kappa shape index (κ3) is 4.10. The first-order chi connectivity index (χ1) is 22.6. The maximum Gasteiger partial charge on any atom is 0.504 e. The number of nitrogens with zero attached hydrogens (tertiary/aromatic N) is 2. The average Bonchev–Trinajstić information content (AvgIpc) is 3.57. The van der Waals surface area contributed by atoms with Crippen LogP contribution in [-0.2, 0) is 29.3 Å². The van der Waals surface area contributed by atoms with Gasteiger partial charge in [-0.05, 0) is 46.0 Å². The van der Waals surface area contributed by atoms with E-state index >= 15 is 0 Å². The van der Waals surface area contributed by atoms with Crippen LogP contribution in [0.15, 0.2) is 59.4 Å². The fraction of sp³-hybridized carbons (Fsp3) is 0.441. The highest BCUT2D eigenvalue weighted by atomic mass is 16.6. The zero-order chi connectivity index (χ0) is 34.6. The number of carbonyl (C=O) groups is 3. The standard InChI is InChI=1S/C34H40BN3O10/c1-18-7-5-8-19(15-18)35-38(11-13-47-35,12-14-48-35)17-36-32(44)26-29(41)27(37(3)4)22-16-21-25(30(42)34(22,46)31(26)43)28(40)24-20(33(21,2)45)9-6-10-23(24)39/h5-10,15,21-22,27,39-40,43,45-46H,11-14,16-17H2,1-4H3,(H,36,44)/t21-,22+,27-,33-,34-,35?,38?/m1/s1. The van der Waals surface area contributed by atoms with Gasteiger partial charge < -0.3 is 44.6 Å². The summed E-state index contributed by atoms with van der Waals surface area (Å²) in [6.45, 7) is 3.09. The summed E-state index contributed by atoms with van der Waals surface area (Å²) in [5, 5.41) is 60.4. The number of rotatable bonds is 5. The van der Waals surface area contributed by atoms with Gasteiger partial charge >= 0.3 is 6.69 Å². The number of Topliss-reactive ketones (excluding diaryl/α,β-unsaturated/α-hetero) is 2. The van der Waals surface area contributed by atoms with Crippen molar-refractivity contribution >= 4 is 35.4 Å². The molecule has 2 aliphatic heterocycles. The summed E-state index contributed by atoms with van der Waals surface area (Å²) >= 11 is 0. The number of likely N-dealkylation sites (N-methyl/N-ethyl adjacent to an activating group) is 1. The van der Waals surface area contributed by atoms with Crippen LogP contribution in [0.2, 0.25) is 0 Å². The van der Waals surface area contributed by atoms with Crippen molar-refractivity contribution in [3.63, 3.8) is 0 Å². The zero-order valence-corrected chi connectivity index (χ0v) is 27.3. The van der Waals surface area contributed by atoms with Crippen LogP contribution in [0, 0.1) is 18.8 Å². The van der Waals surface area contributed by atoms with E-state index in [0.29, 0.717) is 26.3 Å². The Labute approximate surface area is 277 Å². The Hall–Kier alpha value is -4.05. The largest absolute Gasteiger partial charge is 0.508 e. The van der Waals surface area contributed by atoms with Gasteiger partial charge in [0.2, 0.25) is 5.78 Å². The quantitative estimate of drug-likeness (QED) is 0.191. The third-order valence-corrected chi connectivity index (χ3v) is 11.5. The average molecular weight is 662 g/mol. The van der Waals surface area contributed by atoms with E-state index in [2.05, 4.69) is 5.32 Å². The van der Waals surface area contributed by atoms with E-state index in [4.69, 9.17) is 9.31 Å². The Bertz CT molecular complexity index is 1830. The third-order valence-electron chi connectivity index (χ3n) is 11.5. The van der Waals surface area contributed by atoms with Crippen molar-refractivity contribution in [3.8, 4) is 5.75 Å². The summed E-state index contributed by atoms with van der Waals surface area (Å²) in [4.78, 5) is 44.0. The number of ketones is 2. The van der Waals surface area contributed by atoms with Gasteiger partial charge in [-0.25, -0.2) is 0 Å². The smallest absolute Gasteiger partial charge is 0.504 e. The van der Waals surface area contributed by atoms with Gasteiger partial charge in [-0.2, -0.15) is 0 Å². The first-order valence-corrected chi connectivity index (χ1v) is 16.2. The summed E-state index contributed by atoms with van der Waals surface area (Å²) in [6, 6.07) is 10.8. The van der Waals surface area contributed by atoms with Gasteiger partial charge in [0, 0.05) is 17.4 Å². The lowest BCUT2D eigenvalue weighted by atomic mass is 9.54. The van der Waals surface area contributed by atoms with Gasteiger partial charge in [-0.15, -0.1) is 0 Å². The molecule has 2 aromatic carbocycles. The second-order valence-corrected chi connectivity index (χ2v) is 14.3. The Morgan fingerprint density at radius 3 is 2.38 bits per heavy atom. The molecule has 1 amide bonds. The van der Waals surface area contributed by atoms with Crippen molar-refractivity contribution < 1.29 is 53.6 Å². The lowest BCUT2D eigenvalue weighted by Crippen LogP contribution is -2.72. The number of amides is 1. The van der Waals surface area contributed by atoms with Crippen molar-refractivity contribution in [1.82, 2.24) is 10.2 Å². The normalized spacial score (nSPS) is 35.8. The molecule has 7 rings (SSSR count). The Kier molecular flexibility index (Phi) is 7.26. The number of quaternary nitrogens is 1. The molecule has 5 atom stereocenters. The van der Waals surface area contributed by atoms with Crippen LogP contribution in [0.1, 0.15) is 30.0 Å². The van der Waals surface area contributed by atoms with E-state index in [9.17, 15) is 39.9 Å². The summed E-state index contributed by atoms with van der Waals surface area (Å²) in [5.74, 6) is -7.52. The van der Waals surface area contributed by atoms with Crippen LogP contribution in [0.25, 0.3) is 5.76 Å². The van der Waals surface area contributed by atoms with E-state index in [-0.39, 0.29) is 28.6 Å². The lowest BCUT2D eigenvalue weighted by Gasteiger charge is -2.53. The zero-order valence-electron chi connectivity index (χ0n) is 27.3. The Morgan fingerprint density at radius 2 is 1.73 bits per heavy atom. The van der Waals surface area contributed by atoms with E-state index < -0.39 is 81.7 Å². The van der Waals surface area contributed by atoms with Crippen molar-refractivity contribution in [3.05, 3.63) is 76.1 Å². The minimum atomic E-state index is -2.80. The number of hydrogen-bond donors (Lipinski definition) is 6. The molecule has 5 aliphatic rings. The van der Waals surface area contributed by atoms with Gasteiger partial charge in [-0.1, -0.05) is 47.4 Å². The number of nitrogens with one attached hydrogen (secondary N) is 1. The highest BCUT2D eigenvalue weighted by Crippen LogP contribution is 2.57. The predicted molar refractivity (Wildman–Crippen MR) is 172 cm³/mol. The number of phenols is 1. The first kappa shape index (κ1) is 32.5. The maximum absolute atomic E-state index is 14.4. The second kappa shape index (κ2) is 10.7. The molecule has 48 heavy (non-hydrogen) atoms. The molecular formula is C34H40BN3O10. The number of aliphatic hydroxyl groups excluding tert-OH is 2. The van der Waals surface area contributed by atoms with Crippen molar-refractivity contribution in [2.45, 2.75) is 37.5 Å². The lowest BCUT2D eigenvalue weighted by molar-refractivity contribution is -0.822. The van der Waals surface area contributed by atoms with E-state index in [1.165, 1.54) is 30.0 Å². The number of aryl methyl sites for hydroxylation is 1. The van der Waals surface area contributed by atoms with E-state index in [1.54, 1.807) is 14.1 Å². The van der Waals surface area contributed by atoms with E-state index in [0.717, 1.165) is 11.0 Å². The SMILES string of the molecule is Cc1cccc([B-]23OCC[N+]2(CNC(=O)C2=C(O)[C@]4(O)C(=O)C5=C(O)c6c(O)cccc6[C@@](C)(O)[C@@H]5C[C@H]4[C@@H](N(C)C)C2=O)CCO3)c1. The molecule has 0 aromatic heterocycles. The molecule has 3 aliphatic carbocycles. The number of aliphatic hydroxyl groups is 4. The summed E-state index contributed by atoms with van der Waals surface area (Å²) in [5.41, 5.74) is -3.93.